The number of rotatable bonds is 7. The first-order chi connectivity index (χ1) is 16.0. The molecule has 0 aliphatic heterocycles. The molecule has 4 rings (SSSR count). The third kappa shape index (κ3) is 5.13. The van der Waals surface area contributed by atoms with Crippen LogP contribution in [0.2, 0.25) is 5.15 Å². The first kappa shape index (κ1) is 21.9. The summed E-state index contributed by atoms with van der Waals surface area (Å²) in [5.74, 6) is 0.0151. The third-order valence-electron chi connectivity index (χ3n) is 4.81. The van der Waals surface area contributed by atoms with Gasteiger partial charge >= 0.3 is 0 Å². The number of fused-ring (bicyclic) bond motifs is 1. The molecule has 1 N–H and O–H groups in total. The zero-order valence-corrected chi connectivity index (χ0v) is 17.9. The van der Waals surface area contributed by atoms with Crippen molar-refractivity contribution in [2.45, 2.75) is 6.61 Å². The van der Waals surface area contributed by atoms with Gasteiger partial charge in [0.25, 0.3) is 11.6 Å². The summed E-state index contributed by atoms with van der Waals surface area (Å²) in [7, 11) is 0. The van der Waals surface area contributed by atoms with Crippen LogP contribution in [-0.2, 0) is 6.61 Å². The molecule has 0 fully saturated rings. The number of nitro benzene ring substituents is 1. The Kier molecular flexibility index (Phi) is 6.56. The Morgan fingerprint density at radius 1 is 1.12 bits per heavy atom. The van der Waals surface area contributed by atoms with Crippen LogP contribution in [0.5, 0.6) is 5.75 Å². The molecule has 0 radical (unpaired) electrons. The van der Waals surface area contributed by atoms with Crippen molar-refractivity contribution >= 4 is 40.2 Å². The molecule has 8 nitrogen and oxygen atoms in total. The van der Waals surface area contributed by atoms with Gasteiger partial charge in [-0.05, 0) is 34.5 Å². The van der Waals surface area contributed by atoms with Crippen LogP contribution in [0.15, 0.2) is 84.1 Å². The summed E-state index contributed by atoms with van der Waals surface area (Å²) in [6, 6.07) is 20.8. The number of benzene rings is 3. The molecule has 0 atom stereocenters. The maximum absolute atomic E-state index is 12.4. The van der Waals surface area contributed by atoms with Crippen LogP contribution in [-0.4, -0.2) is 22.0 Å². The summed E-state index contributed by atoms with van der Waals surface area (Å²) in [4.78, 5) is 26.8. The van der Waals surface area contributed by atoms with Crippen LogP contribution in [0, 0.1) is 10.1 Å². The van der Waals surface area contributed by atoms with Crippen molar-refractivity contribution in [1.29, 1.82) is 0 Å². The maximum atomic E-state index is 12.4. The number of pyridine rings is 1. The van der Waals surface area contributed by atoms with Gasteiger partial charge in [-0.25, -0.2) is 10.4 Å². The number of amides is 1. The molecular weight excluding hydrogens is 444 g/mol. The molecule has 4 aromatic rings. The van der Waals surface area contributed by atoms with Crippen LogP contribution in [0.3, 0.4) is 0 Å². The average molecular weight is 461 g/mol. The van der Waals surface area contributed by atoms with E-state index < -0.39 is 10.8 Å². The topological polar surface area (TPSA) is 107 Å². The molecule has 0 saturated carbocycles. The lowest BCUT2D eigenvalue weighted by molar-refractivity contribution is -0.384. The number of nitrogens with one attached hydrogen (secondary N) is 1. The number of hydrogen-bond acceptors (Lipinski definition) is 6. The monoisotopic (exact) mass is 460 g/mol. The summed E-state index contributed by atoms with van der Waals surface area (Å²) >= 11 is 5.96. The molecule has 1 amide bonds. The number of hydrogen-bond donors (Lipinski definition) is 1. The summed E-state index contributed by atoms with van der Waals surface area (Å²) in [6.45, 7) is 0.124. The predicted molar refractivity (Wildman–Crippen MR) is 126 cm³/mol. The average Bonchev–Trinajstić information content (AvgIpc) is 2.83. The number of halogens is 1. The number of nitrogens with zero attached hydrogens (tertiary/aromatic N) is 3. The van der Waals surface area contributed by atoms with Crippen LogP contribution in [0.1, 0.15) is 21.5 Å². The fourth-order valence-corrected chi connectivity index (χ4v) is 3.43. The van der Waals surface area contributed by atoms with Crippen LogP contribution < -0.4 is 10.2 Å². The molecule has 164 valence electrons. The zero-order valence-electron chi connectivity index (χ0n) is 17.1. The second-order valence-electron chi connectivity index (χ2n) is 6.96. The summed E-state index contributed by atoms with van der Waals surface area (Å²) in [6.07, 6.45) is 2.98. The summed E-state index contributed by atoms with van der Waals surface area (Å²) in [5.41, 5.74) is 3.95. The minimum Gasteiger partial charge on any atom is -0.488 e. The number of hydrazone groups is 1. The Hall–Kier alpha value is -4.30. The molecule has 0 aliphatic rings. The van der Waals surface area contributed by atoms with Crippen molar-refractivity contribution in [3.8, 4) is 5.75 Å². The first-order valence-corrected chi connectivity index (χ1v) is 10.2. The normalized spacial score (nSPS) is 10.9. The van der Waals surface area contributed by atoms with Gasteiger partial charge in [0.05, 0.1) is 16.7 Å². The lowest BCUT2D eigenvalue weighted by Gasteiger charge is -2.12. The number of non-ortho nitro benzene ring substituents is 1. The molecule has 0 aliphatic carbocycles. The van der Waals surface area contributed by atoms with Crippen LogP contribution >= 0.6 is 11.6 Å². The fraction of sp³-hybridized carbons (Fsp3) is 0.0417. The molecule has 1 heterocycles. The molecule has 0 spiro atoms. The van der Waals surface area contributed by atoms with E-state index in [9.17, 15) is 14.9 Å². The third-order valence-corrected chi connectivity index (χ3v) is 5.11. The Labute approximate surface area is 193 Å². The second-order valence-corrected chi connectivity index (χ2v) is 7.31. The predicted octanol–water partition coefficient (Wildman–Crippen LogP) is 5.14. The molecule has 0 unspecified atom stereocenters. The van der Waals surface area contributed by atoms with E-state index in [1.165, 1.54) is 24.5 Å². The van der Waals surface area contributed by atoms with Gasteiger partial charge in [0.2, 0.25) is 0 Å². The SMILES string of the molecule is O=C(NN=Cc1c(OCc2cccc([N+](=O)[O-])c2)ccc2ccccc12)c1cccnc1Cl. The van der Waals surface area contributed by atoms with Gasteiger partial charge in [-0.3, -0.25) is 14.9 Å². The Morgan fingerprint density at radius 2 is 1.97 bits per heavy atom. The van der Waals surface area contributed by atoms with E-state index in [1.807, 2.05) is 30.3 Å². The maximum Gasteiger partial charge on any atom is 0.274 e. The molecule has 3 aromatic carbocycles. The van der Waals surface area contributed by atoms with Crippen molar-refractivity contribution in [3.63, 3.8) is 0 Å². The molecule has 0 bridgehead atoms. The highest BCUT2D eigenvalue weighted by Crippen LogP contribution is 2.28. The van der Waals surface area contributed by atoms with Crippen molar-refractivity contribution in [3.05, 3.63) is 111 Å². The molecular formula is C24H17ClN4O4. The first-order valence-electron chi connectivity index (χ1n) is 9.85. The molecule has 33 heavy (non-hydrogen) atoms. The van der Waals surface area contributed by atoms with Crippen molar-refractivity contribution in [1.82, 2.24) is 10.4 Å². The standard InChI is InChI=1S/C24H17ClN4O4/c25-23-20(9-4-12-26-23)24(30)28-27-14-21-19-8-2-1-6-17(19)10-11-22(21)33-15-16-5-3-7-18(13-16)29(31)32/h1-14H,15H2,(H,28,30). The molecule has 1 aromatic heterocycles. The number of nitro groups is 1. The highest BCUT2D eigenvalue weighted by Gasteiger charge is 2.12. The van der Waals surface area contributed by atoms with Gasteiger partial charge in [0.1, 0.15) is 17.5 Å². The molecule has 0 saturated heterocycles. The Bertz CT molecular complexity index is 1370. The Balaban J connectivity index is 1.59. The summed E-state index contributed by atoms with van der Waals surface area (Å²) in [5, 5.41) is 17.0. The number of carbonyl (C=O) groups excluding carboxylic acids is 1. The highest BCUT2D eigenvalue weighted by atomic mass is 35.5. The second kappa shape index (κ2) is 9.88. The fourth-order valence-electron chi connectivity index (χ4n) is 3.23. The van der Waals surface area contributed by atoms with Gasteiger partial charge in [-0.15, -0.1) is 0 Å². The zero-order chi connectivity index (χ0) is 23.2. The minimum atomic E-state index is -0.497. The van der Waals surface area contributed by atoms with E-state index in [1.54, 1.807) is 30.3 Å². The lowest BCUT2D eigenvalue weighted by atomic mass is 10.0. The van der Waals surface area contributed by atoms with Gasteiger partial charge in [-0.1, -0.05) is 54.1 Å². The van der Waals surface area contributed by atoms with Gasteiger partial charge in [-0.2, -0.15) is 5.10 Å². The Morgan fingerprint density at radius 3 is 2.79 bits per heavy atom. The highest BCUT2D eigenvalue weighted by molar-refractivity contribution is 6.32. The van der Waals surface area contributed by atoms with Crippen molar-refractivity contribution < 1.29 is 14.5 Å². The van der Waals surface area contributed by atoms with Crippen molar-refractivity contribution in [2.24, 2.45) is 5.10 Å². The van der Waals surface area contributed by atoms with E-state index >= 15 is 0 Å². The number of carbonyl (C=O) groups is 1. The lowest BCUT2D eigenvalue weighted by Crippen LogP contribution is -2.18. The van der Waals surface area contributed by atoms with Crippen LogP contribution in [0.4, 0.5) is 5.69 Å². The van der Waals surface area contributed by atoms with Gasteiger partial charge in [0, 0.05) is 23.9 Å². The van der Waals surface area contributed by atoms with E-state index in [0.29, 0.717) is 16.9 Å². The quantitative estimate of drug-likeness (QED) is 0.178. The van der Waals surface area contributed by atoms with E-state index in [-0.39, 0.29) is 23.0 Å². The minimum absolute atomic E-state index is 0.00632. The van der Waals surface area contributed by atoms with Gasteiger partial charge < -0.3 is 4.74 Å². The van der Waals surface area contributed by atoms with E-state index in [0.717, 1.165) is 10.8 Å². The van der Waals surface area contributed by atoms with E-state index in [4.69, 9.17) is 16.3 Å². The van der Waals surface area contributed by atoms with E-state index in [2.05, 4.69) is 15.5 Å². The smallest absolute Gasteiger partial charge is 0.274 e. The largest absolute Gasteiger partial charge is 0.488 e. The number of ether oxygens (including phenoxy) is 1. The van der Waals surface area contributed by atoms with Crippen molar-refractivity contribution in [2.75, 3.05) is 0 Å². The van der Waals surface area contributed by atoms with Gasteiger partial charge in [0.15, 0.2) is 0 Å². The van der Waals surface area contributed by atoms with Crippen LogP contribution in [0.25, 0.3) is 10.8 Å². The summed E-state index contributed by atoms with van der Waals surface area (Å²) < 4.78 is 5.97. The number of aromatic nitrogens is 1. The molecule has 9 heteroatoms.